The predicted octanol–water partition coefficient (Wildman–Crippen LogP) is 4.80. The molecule has 0 radical (unpaired) electrons. The maximum absolute atomic E-state index is 12.7. The van der Waals surface area contributed by atoms with Gasteiger partial charge < -0.3 is 9.15 Å². The van der Waals surface area contributed by atoms with Crippen LogP contribution >= 0.6 is 22.7 Å². The number of ether oxygens (including phenoxy) is 1. The van der Waals surface area contributed by atoms with E-state index in [0.29, 0.717) is 21.9 Å². The Bertz CT molecular complexity index is 1210. The number of fused-ring (bicyclic) bond motifs is 1. The molecule has 142 valence electrons. The minimum atomic E-state index is -0.722. The molecule has 6 nitrogen and oxygen atoms in total. The lowest BCUT2D eigenvalue weighted by Gasteiger charge is -2.05. The van der Waals surface area contributed by atoms with Crippen LogP contribution in [0.25, 0.3) is 21.5 Å². The second-order valence-electron chi connectivity index (χ2n) is 5.90. The summed E-state index contributed by atoms with van der Waals surface area (Å²) in [6, 6.07) is 10.7. The third-order valence-corrected chi connectivity index (χ3v) is 6.17. The van der Waals surface area contributed by atoms with Crippen molar-refractivity contribution in [1.82, 2.24) is 4.98 Å². The van der Waals surface area contributed by atoms with Gasteiger partial charge in [0, 0.05) is 10.3 Å². The van der Waals surface area contributed by atoms with Gasteiger partial charge in [-0.25, -0.2) is 9.78 Å². The largest absolute Gasteiger partial charge is 0.493 e. The van der Waals surface area contributed by atoms with Crippen molar-refractivity contribution in [1.29, 1.82) is 0 Å². The summed E-state index contributed by atoms with van der Waals surface area (Å²) in [5.74, 6) is -0.109. The molecule has 1 amide bonds. The fraction of sp³-hybridized carbons (Fsp3) is 0.150. The van der Waals surface area contributed by atoms with Crippen molar-refractivity contribution < 1.29 is 13.9 Å². The van der Waals surface area contributed by atoms with Crippen LogP contribution in [0.1, 0.15) is 22.2 Å². The summed E-state index contributed by atoms with van der Waals surface area (Å²) in [5, 5.41) is 5.78. The van der Waals surface area contributed by atoms with E-state index >= 15 is 0 Å². The van der Waals surface area contributed by atoms with Crippen molar-refractivity contribution in [3.05, 3.63) is 62.6 Å². The van der Waals surface area contributed by atoms with Gasteiger partial charge in [0.2, 0.25) is 0 Å². The zero-order valence-electron chi connectivity index (χ0n) is 15.1. The molecule has 0 aliphatic heterocycles. The summed E-state index contributed by atoms with van der Waals surface area (Å²) in [7, 11) is 1.49. The number of hydrogen-bond donors (Lipinski definition) is 1. The highest BCUT2D eigenvalue weighted by Crippen LogP contribution is 2.34. The van der Waals surface area contributed by atoms with Crippen LogP contribution in [0.15, 0.2) is 51.0 Å². The molecular formula is C20H16N2O4S2. The maximum atomic E-state index is 12.7. The molecule has 3 aromatic heterocycles. The number of benzene rings is 1. The van der Waals surface area contributed by atoms with Crippen LogP contribution in [0.5, 0.6) is 5.75 Å². The topological polar surface area (TPSA) is 81.4 Å². The Morgan fingerprint density at radius 1 is 1.29 bits per heavy atom. The number of thiazole rings is 1. The zero-order chi connectivity index (χ0) is 19.7. The number of rotatable bonds is 5. The Morgan fingerprint density at radius 2 is 2.14 bits per heavy atom. The highest BCUT2D eigenvalue weighted by molar-refractivity contribution is 7.17. The second kappa shape index (κ2) is 7.57. The van der Waals surface area contributed by atoms with Crippen molar-refractivity contribution in [3.63, 3.8) is 0 Å². The van der Waals surface area contributed by atoms with Crippen LogP contribution in [-0.2, 0) is 6.42 Å². The van der Waals surface area contributed by atoms with Gasteiger partial charge in [-0.05, 0) is 30.0 Å². The highest BCUT2D eigenvalue weighted by Gasteiger charge is 2.19. The number of para-hydroxylation sites is 1. The first-order valence-electron chi connectivity index (χ1n) is 8.56. The molecule has 0 fully saturated rings. The van der Waals surface area contributed by atoms with Crippen LogP contribution in [0.3, 0.4) is 0 Å². The molecule has 28 heavy (non-hydrogen) atoms. The van der Waals surface area contributed by atoms with Crippen molar-refractivity contribution in [2.75, 3.05) is 12.4 Å². The number of nitrogens with zero attached hydrogens (tertiary/aromatic N) is 1. The minimum Gasteiger partial charge on any atom is -0.493 e. The first-order valence-corrected chi connectivity index (χ1v) is 10.3. The summed E-state index contributed by atoms with van der Waals surface area (Å²) in [6.07, 6.45) is 0.804. The smallest absolute Gasteiger partial charge is 0.349 e. The summed E-state index contributed by atoms with van der Waals surface area (Å²) in [6.45, 7) is 2.04. The summed E-state index contributed by atoms with van der Waals surface area (Å²) < 4.78 is 10.5. The Labute approximate surface area is 168 Å². The number of thiophene rings is 1. The average Bonchev–Trinajstić information content (AvgIpc) is 3.36. The monoisotopic (exact) mass is 412 g/mol. The number of amides is 1. The number of methoxy groups -OCH3 is 1. The first kappa shape index (κ1) is 18.4. The normalized spacial score (nSPS) is 10.9. The Morgan fingerprint density at radius 3 is 2.86 bits per heavy atom. The van der Waals surface area contributed by atoms with E-state index in [1.165, 1.54) is 24.5 Å². The van der Waals surface area contributed by atoms with Gasteiger partial charge in [-0.2, -0.15) is 0 Å². The van der Waals surface area contributed by atoms with E-state index in [0.717, 1.165) is 21.9 Å². The molecule has 0 bridgehead atoms. The Hall–Kier alpha value is -2.97. The first-order chi connectivity index (χ1) is 13.6. The fourth-order valence-electron chi connectivity index (χ4n) is 2.85. The van der Waals surface area contributed by atoms with Crippen LogP contribution in [0.2, 0.25) is 0 Å². The summed E-state index contributed by atoms with van der Waals surface area (Å²) >= 11 is 3.00. The second-order valence-corrected chi connectivity index (χ2v) is 7.93. The van der Waals surface area contributed by atoms with Crippen LogP contribution < -0.4 is 15.7 Å². The molecule has 3 heterocycles. The third kappa shape index (κ3) is 3.32. The van der Waals surface area contributed by atoms with Crippen molar-refractivity contribution in [2.24, 2.45) is 0 Å². The van der Waals surface area contributed by atoms with Crippen LogP contribution in [0.4, 0.5) is 5.13 Å². The quantitative estimate of drug-likeness (QED) is 0.476. The molecule has 0 unspecified atom stereocenters. The van der Waals surface area contributed by atoms with Crippen LogP contribution in [0, 0.1) is 0 Å². The lowest BCUT2D eigenvalue weighted by Crippen LogP contribution is -2.20. The number of nitrogens with one attached hydrogen (secondary N) is 1. The number of anilines is 1. The van der Waals surface area contributed by atoms with Gasteiger partial charge in [-0.15, -0.1) is 22.7 Å². The predicted molar refractivity (Wildman–Crippen MR) is 112 cm³/mol. The van der Waals surface area contributed by atoms with Crippen molar-refractivity contribution >= 4 is 44.7 Å². The number of hydrogen-bond acceptors (Lipinski definition) is 7. The number of aromatic nitrogens is 1. The standard InChI is InChI=1S/C20H16N2O4S2/c1-3-14-16(15-8-5-9-27-15)21-20(28-14)22-18(23)12-10-11-6-4-7-13(25-2)17(11)26-19(12)24/h4-10H,3H2,1-2H3,(H,21,22,23). The molecule has 0 saturated carbocycles. The molecule has 0 aliphatic rings. The average molecular weight is 412 g/mol. The van der Waals surface area contributed by atoms with E-state index in [1.807, 2.05) is 24.4 Å². The van der Waals surface area contributed by atoms with E-state index in [2.05, 4.69) is 10.3 Å². The molecule has 1 aromatic carbocycles. The van der Waals surface area contributed by atoms with Gasteiger partial charge in [-0.3, -0.25) is 10.1 Å². The molecule has 0 aliphatic carbocycles. The van der Waals surface area contributed by atoms with E-state index in [-0.39, 0.29) is 5.56 Å². The summed E-state index contributed by atoms with van der Waals surface area (Å²) in [4.78, 5) is 31.7. The van der Waals surface area contributed by atoms with Gasteiger partial charge >= 0.3 is 5.63 Å². The molecular weight excluding hydrogens is 396 g/mol. The van der Waals surface area contributed by atoms with E-state index in [1.54, 1.807) is 29.5 Å². The van der Waals surface area contributed by atoms with Gasteiger partial charge in [-0.1, -0.05) is 25.1 Å². The van der Waals surface area contributed by atoms with Gasteiger partial charge in [0.25, 0.3) is 5.91 Å². The highest BCUT2D eigenvalue weighted by atomic mass is 32.1. The van der Waals surface area contributed by atoms with Gasteiger partial charge in [0.1, 0.15) is 5.56 Å². The SMILES string of the molecule is CCc1sc(NC(=O)c2cc3cccc(OC)c3oc2=O)nc1-c1cccs1. The Balaban J connectivity index is 1.68. The van der Waals surface area contributed by atoms with Gasteiger partial charge in [0.05, 0.1) is 17.7 Å². The lowest BCUT2D eigenvalue weighted by atomic mass is 10.1. The molecule has 0 spiro atoms. The van der Waals surface area contributed by atoms with Gasteiger partial charge in [0.15, 0.2) is 16.5 Å². The van der Waals surface area contributed by atoms with Crippen molar-refractivity contribution in [3.8, 4) is 16.3 Å². The third-order valence-electron chi connectivity index (χ3n) is 4.18. The van der Waals surface area contributed by atoms with Crippen LogP contribution in [-0.4, -0.2) is 18.0 Å². The molecule has 8 heteroatoms. The number of carbonyl (C=O) groups is 1. The lowest BCUT2D eigenvalue weighted by molar-refractivity contribution is 0.102. The van der Waals surface area contributed by atoms with E-state index in [4.69, 9.17) is 9.15 Å². The molecule has 4 aromatic rings. The molecule has 4 rings (SSSR count). The maximum Gasteiger partial charge on any atom is 0.349 e. The van der Waals surface area contributed by atoms with E-state index < -0.39 is 11.5 Å². The molecule has 0 atom stereocenters. The number of aryl methyl sites for hydroxylation is 1. The molecule has 0 saturated heterocycles. The minimum absolute atomic E-state index is 0.0772. The zero-order valence-corrected chi connectivity index (χ0v) is 16.8. The Kier molecular flexibility index (Phi) is 4.97. The molecule has 1 N–H and O–H groups in total. The number of carbonyl (C=O) groups excluding carboxylic acids is 1. The van der Waals surface area contributed by atoms with E-state index in [9.17, 15) is 9.59 Å². The summed E-state index contributed by atoms with van der Waals surface area (Å²) in [5.41, 5.74) is 0.383. The fourth-order valence-corrected chi connectivity index (χ4v) is 4.57. The van der Waals surface area contributed by atoms with Crippen molar-refractivity contribution in [2.45, 2.75) is 13.3 Å².